The fraction of sp³-hybridized carbons (Fsp3) is 0.462. The van der Waals surface area contributed by atoms with E-state index >= 15 is 0 Å². The first-order valence-electron chi connectivity index (χ1n) is 5.99. The Morgan fingerprint density at radius 2 is 2.26 bits per heavy atom. The van der Waals surface area contributed by atoms with Crippen LogP contribution in [0, 0.1) is 5.92 Å². The van der Waals surface area contributed by atoms with Gasteiger partial charge in [0.15, 0.2) is 0 Å². The van der Waals surface area contributed by atoms with Gasteiger partial charge in [0.2, 0.25) is 0 Å². The zero-order chi connectivity index (χ0) is 13.3. The molecule has 1 fully saturated rings. The second-order valence-corrected chi connectivity index (χ2v) is 6.09. The fourth-order valence-corrected chi connectivity index (χ4v) is 3.17. The standard InChI is InChI=1S/C13H16BrClN2O.ClH/c1-8-4-9(6-16)7-17(8)13(18)11-3-2-10(14)5-12(11)15;/h2-3,5,8-9H,4,6-7,16H2,1H3;1H. The van der Waals surface area contributed by atoms with Crippen molar-refractivity contribution in [2.45, 2.75) is 19.4 Å². The van der Waals surface area contributed by atoms with E-state index in [9.17, 15) is 4.79 Å². The summed E-state index contributed by atoms with van der Waals surface area (Å²) in [5.41, 5.74) is 6.24. The van der Waals surface area contributed by atoms with Gasteiger partial charge in [-0.3, -0.25) is 4.79 Å². The largest absolute Gasteiger partial charge is 0.336 e. The Hall–Kier alpha value is -0.290. The number of likely N-dealkylation sites (tertiary alicyclic amines) is 1. The quantitative estimate of drug-likeness (QED) is 0.871. The average molecular weight is 368 g/mol. The maximum absolute atomic E-state index is 12.4. The first-order valence-corrected chi connectivity index (χ1v) is 7.16. The van der Waals surface area contributed by atoms with Gasteiger partial charge >= 0.3 is 0 Å². The lowest BCUT2D eigenvalue weighted by Crippen LogP contribution is -2.34. The molecule has 0 spiro atoms. The van der Waals surface area contributed by atoms with Gasteiger partial charge in [-0.1, -0.05) is 27.5 Å². The van der Waals surface area contributed by atoms with Crippen LogP contribution in [0.1, 0.15) is 23.7 Å². The Balaban J connectivity index is 0.00000180. The van der Waals surface area contributed by atoms with E-state index in [1.807, 2.05) is 11.0 Å². The van der Waals surface area contributed by atoms with Gasteiger partial charge in [0.05, 0.1) is 10.6 Å². The summed E-state index contributed by atoms with van der Waals surface area (Å²) >= 11 is 9.45. The molecule has 2 unspecified atom stereocenters. The Morgan fingerprint density at radius 3 is 2.79 bits per heavy atom. The zero-order valence-electron chi connectivity index (χ0n) is 10.6. The first-order chi connectivity index (χ1) is 8.52. The molecule has 1 saturated heterocycles. The average Bonchev–Trinajstić information content (AvgIpc) is 2.70. The van der Waals surface area contributed by atoms with Crippen LogP contribution >= 0.6 is 39.9 Å². The molecule has 0 aromatic heterocycles. The minimum atomic E-state index is -0.00375. The summed E-state index contributed by atoms with van der Waals surface area (Å²) in [5, 5.41) is 0.484. The Kier molecular flexibility index (Phi) is 6.12. The van der Waals surface area contributed by atoms with Gasteiger partial charge in [0, 0.05) is 17.1 Å². The summed E-state index contributed by atoms with van der Waals surface area (Å²) in [4.78, 5) is 14.3. The van der Waals surface area contributed by atoms with E-state index < -0.39 is 0 Å². The van der Waals surface area contributed by atoms with Crippen molar-refractivity contribution >= 4 is 45.8 Å². The van der Waals surface area contributed by atoms with Crippen LogP contribution in [0.15, 0.2) is 22.7 Å². The van der Waals surface area contributed by atoms with E-state index in [4.69, 9.17) is 17.3 Å². The molecular formula is C13H17BrCl2N2O. The molecular weight excluding hydrogens is 351 g/mol. The Morgan fingerprint density at radius 1 is 1.58 bits per heavy atom. The van der Waals surface area contributed by atoms with E-state index in [2.05, 4.69) is 22.9 Å². The third kappa shape index (κ3) is 3.63. The topological polar surface area (TPSA) is 46.3 Å². The van der Waals surface area contributed by atoms with Crippen molar-refractivity contribution in [2.24, 2.45) is 11.7 Å². The molecule has 0 radical (unpaired) electrons. The fourth-order valence-electron chi connectivity index (χ4n) is 2.41. The van der Waals surface area contributed by atoms with Crippen LogP contribution in [0.2, 0.25) is 5.02 Å². The number of amides is 1. The van der Waals surface area contributed by atoms with Gasteiger partial charge in [-0.25, -0.2) is 0 Å². The molecule has 0 aliphatic carbocycles. The highest BCUT2D eigenvalue weighted by Gasteiger charge is 2.32. The number of hydrogen-bond acceptors (Lipinski definition) is 2. The molecule has 0 bridgehead atoms. The molecule has 2 N–H and O–H groups in total. The van der Waals surface area contributed by atoms with Gasteiger partial charge in [-0.05, 0) is 44.0 Å². The minimum Gasteiger partial charge on any atom is -0.336 e. The number of nitrogens with two attached hydrogens (primary N) is 1. The van der Waals surface area contributed by atoms with Gasteiger partial charge in [-0.2, -0.15) is 0 Å². The van der Waals surface area contributed by atoms with Crippen molar-refractivity contribution in [1.29, 1.82) is 0 Å². The van der Waals surface area contributed by atoms with Crippen LogP contribution < -0.4 is 5.73 Å². The summed E-state index contributed by atoms with van der Waals surface area (Å²) in [6.07, 6.45) is 0.969. The highest BCUT2D eigenvalue weighted by atomic mass is 79.9. The first kappa shape index (κ1) is 16.8. The minimum absolute atomic E-state index is 0. The summed E-state index contributed by atoms with van der Waals surface area (Å²) in [6, 6.07) is 5.57. The predicted octanol–water partition coefficient (Wildman–Crippen LogP) is 3.33. The second kappa shape index (κ2) is 6.93. The van der Waals surface area contributed by atoms with Gasteiger partial charge in [0.1, 0.15) is 0 Å². The molecule has 2 rings (SSSR count). The van der Waals surface area contributed by atoms with Crippen LogP contribution in [0.25, 0.3) is 0 Å². The summed E-state index contributed by atoms with van der Waals surface area (Å²) < 4.78 is 0.873. The van der Waals surface area contributed by atoms with E-state index in [1.165, 1.54) is 0 Å². The molecule has 1 amide bonds. The van der Waals surface area contributed by atoms with Gasteiger partial charge < -0.3 is 10.6 Å². The van der Waals surface area contributed by atoms with Crippen molar-refractivity contribution in [2.75, 3.05) is 13.1 Å². The number of halogens is 3. The lowest BCUT2D eigenvalue weighted by Gasteiger charge is -2.22. The number of nitrogens with zero attached hydrogens (tertiary/aromatic N) is 1. The molecule has 0 saturated carbocycles. The molecule has 6 heteroatoms. The molecule has 1 aliphatic rings. The lowest BCUT2D eigenvalue weighted by atomic mass is 10.1. The van der Waals surface area contributed by atoms with E-state index in [0.29, 0.717) is 23.0 Å². The molecule has 19 heavy (non-hydrogen) atoms. The van der Waals surface area contributed by atoms with Crippen LogP contribution in [-0.4, -0.2) is 29.9 Å². The molecule has 2 atom stereocenters. The summed E-state index contributed by atoms with van der Waals surface area (Å²) in [7, 11) is 0. The highest BCUT2D eigenvalue weighted by Crippen LogP contribution is 2.28. The summed E-state index contributed by atoms with van der Waals surface area (Å²) in [6.45, 7) is 3.41. The molecule has 106 valence electrons. The number of rotatable bonds is 2. The maximum Gasteiger partial charge on any atom is 0.255 e. The van der Waals surface area contributed by atoms with Crippen LogP contribution in [0.4, 0.5) is 0 Å². The van der Waals surface area contributed by atoms with E-state index in [0.717, 1.165) is 17.4 Å². The Bertz CT molecular complexity index is 470. The second-order valence-electron chi connectivity index (χ2n) is 4.77. The molecule has 1 heterocycles. The molecule has 1 aliphatic heterocycles. The smallest absolute Gasteiger partial charge is 0.255 e. The van der Waals surface area contributed by atoms with E-state index in [-0.39, 0.29) is 24.4 Å². The van der Waals surface area contributed by atoms with Crippen molar-refractivity contribution in [1.82, 2.24) is 4.90 Å². The number of benzene rings is 1. The molecule has 3 nitrogen and oxygen atoms in total. The third-order valence-electron chi connectivity index (χ3n) is 3.42. The summed E-state index contributed by atoms with van der Waals surface area (Å²) in [5.74, 6) is 0.397. The van der Waals surface area contributed by atoms with Crippen LogP contribution in [-0.2, 0) is 0 Å². The number of hydrogen-bond donors (Lipinski definition) is 1. The van der Waals surface area contributed by atoms with Crippen molar-refractivity contribution in [3.05, 3.63) is 33.3 Å². The highest BCUT2D eigenvalue weighted by molar-refractivity contribution is 9.10. The monoisotopic (exact) mass is 366 g/mol. The van der Waals surface area contributed by atoms with Gasteiger partial charge in [-0.15, -0.1) is 12.4 Å². The maximum atomic E-state index is 12.4. The number of carbonyl (C=O) groups excluding carboxylic acids is 1. The number of carbonyl (C=O) groups is 1. The van der Waals surface area contributed by atoms with Gasteiger partial charge in [0.25, 0.3) is 5.91 Å². The lowest BCUT2D eigenvalue weighted by molar-refractivity contribution is 0.0743. The SMILES string of the molecule is CC1CC(CN)CN1C(=O)c1ccc(Br)cc1Cl.Cl. The van der Waals surface area contributed by atoms with Crippen LogP contribution in [0.5, 0.6) is 0 Å². The molecule has 1 aromatic rings. The van der Waals surface area contributed by atoms with Crippen molar-refractivity contribution < 1.29 is 4.79 Å². The zero-order valence-corrected chi connectivity index (χ0v) is 13.8. The third-order valence-corrected chi connectivity index (χ3v) is 4.22. The van der Waals surface area contributed by atoms with Crippen molar-refractivity contribution in [3.63, 3.8) is 0 Å². The van der Waals surface area contributed by atoms with E-state index in [1.54, 1.807) is 12.1 Å². The normalized spacial score (nSPS) is 22.2. The molecule has 1 aromatic carbocycles. The van der Waals surface area contributed by atoms with Crippen molar-refractivity contribution in [3.8, 4) is 0 Å². The Labute approximate surface area is 133 Å². The van der Waals surface area contributed by atoms with Crippen LogP contribution in [0.3, 0.4) is 0 Å². The predicted molar refractivity (Wildman–Crippen MR) is 84.1 cm³/mol.